The van der Waals surface area contributed by atoms with Crippen molar-refractivity contribution in [2.45, 2.75) is 32.1 Å². The Labute approximate surface area is 183 Å². The van der Waals surface area contributed by atoms with Crippen molar-refractivity contribution in [2.24, 2.45) is 0 Å². The van der Waals surface area contributed by atoms with Gasteiger partial charge in [0.15, 0.2) is 11.7 Å². The number of ether oxygens (including phenoxy) is 1. The number of thiocarbonyl (C=S) groups is 1. The number of anilines is 1. The first-order valence-corrected chi connectivity index (χ1v) is 11.6. The number of nitrogens with one attached hydrogen (secondary N) is 2. The lowest BCUT2D eigenvalue weighted by atomic mass is 10.2. The van der Waals surface area contributed by atoms with Crippen molar-refractivity contribution < 1.29 is 17.9 Å². The monoisotopic (exact) mass is 449 g/mol. The maximum Gasteiger partial charge on any atom is 0.264 e. The SMILES string of the molecule is CCc1ccc(OCC(=O)NC(=S)Nc2ccc(S(=O)(=O)N(CC)CC)cc2)cc1. The van der Waals surface area contributed by atoms with E-state index in [1.165, 1.54) is 22.0 Å². The molecule has 30 heavy (non-hydrogen) atoms. The van der Waals surface area contributed by atoms with Gasteiger partial charge < -0.3 is 10.1 Å². The van der Waals surface area contributed by atoms with Crippen LogP contribution in [-0.4, -0.2) is 43.4 Å². The van der Waals surface area contributed by atoms with E-state index in [1.807, 2.05) is 24.3 Å². The Balaban J connectivity index is 1.87. The van der Waals surface area contributed by atoms with Crippen LogP contribution < -0.4 is 15.4 Å². The molecule has 0 heterocycles. The molecule has 162 valence electrons. The second kappa shape index (κ2) is 11.1. The fraction of sp³-hybridized carbons (Fsp3) is 0.333. The molecule has 7 nitrogen and oxygen atoms in total. The van der Waals surface area contributed by atoms with Gasteiger partial charge in [0.1, 0.15) is 5.75 Å². The molecule has 0 fully saturated rings. The van der Waals surface area contributed by atoms with E-state index in [0.717, 1.165) is 6.42 Å². The molecule has 0 atom stereocenters. The summed E-state index contributed by atoms with van der Waals surface area (Å²) in [4.78, 5) is 12.2. The van der Waals surface area contributed by atoms with Crippen molar-refractivity contribution in [3.05, 3.63) is 54.1 Å². The minimum Gasteiger partial charge on any atom is -0.484 e. The van der Waals surface area contributed by atoms with E-state index in [-0.39, 0.29) is 16.6 Å². The zero-order chi connectivity index (χ0) is 22.1. The average Bonchev–Trinajstić information content (AvgIpc) is 2.73. The van der Waals surface area contributed by atoms with Crippen molar-refractivity contribution in [3.8, 4) is 5.75 Å². The first-order valence-electron chi connectivity index (χ1n) is 9.72. The van der Waals surface area contributed by atoms with Gasteiger partial charge in [-0.25, -0.2) is 8.42 Å². The van der Waals surface area contributed by atoms with Gasteiger partial charge in [-0.15, -0.1) is 0 Å². The summed E-state index contributed by atoms with van der Waals surface area (Å²) < 4.78 is 31.8. The number of nitrogens with zero attached hydrogens (tertiary/aromatic N) is 1. The Hall–Kier alpha value is -2.49. The molecule has 0 unspecified atom stereocenters. The van der Waals surface area contributed by atoms with Crippen molar-refractivity contribution in [2.75, 3.05) is 25.0 Å². The third-order valence-electron chi connectivity index (χ3n) is 4.41. The Morgan fingerprint density at radius 1 is 1.00 bits per heavy atom. The van der Waals surface area contributed by atoms with Gasteiger partial charge in [0.25, 0.3) is 5.91 Å². The number of hydrogen-bond donors (Lipinski definition) is 2. The van der Waals surface area contributed by atoms with Crippen LogP contribution in [0.5, 0.6) is 5.75 Å². The van der Waals surface area contributed by atoms with Crippen molar-refractivity contribution in [1.82, 2.24) is 9.62 Å². The lowest BCUT2D eigenvalue weighted by Gasteiger charge is -2.18. The highest BCUT2D eigenvalue weighted by molar-refractivity contribution is 7.89. The molecule has 0 saturated carbocycles. The van der Waals surface area contributed by atoms with Crippen LogP contribution >= 0.6 is 12.2 Å². The molecule has 0 bridgehead atoms. The van der Waals surface area contributed by atoms with Gasteiger partial charge in [-0.1, -0.05) is 32.9 Å². The van der Waals surface area contributed by atoms with Crippen LogP contribution in [-0.2, 0) is 21.2 Å². The van der Waals surface area contributed by atoms with Crippen LogP contribution in [0.4, 0.5) is 5.69 Å². The molecule has 0 aliphatic rings. The first kappa shape index (κ1) is 23.8. The quantitative estimate of drug-likeness (QED) is 0.572. The van der Waals surface area contributed by atoms with E-state index in [0.29, 0.717) is 24.5 Å². The average molecular weight is 450 g/mol. The molecule has 0 radical (unpaired) electrons. The molecular weight excluding hydrogens is 422 g/mol. The van der Waals surface area contributed by atoms with Crippen LogP contribution in [0, 0.1) is 0 Å². The number of amides is 1. The van der Waals surface area contributed by atoms with Crippen LogP contribution in [0.3, 0.4) is 0 Å². The third-order valence-corrected chi connectivity index (χ3v) is 6.68. The van der Waals surface area contributed by atoms with Crippen LogP contribution in [0.15, 0.2) is 53.4 Å². The van der Waals surface area contributed by atoms with Crippen molar-refractivity contribution in [1.29, 1.82) is 0 Å². The molecule has 0 aliphatic heterocycles. The lowest BCUT2D eigenvalue weighted by molar-refractivity contribution is -0.121. The van der Waals surface area contributed by atoms with E-state index in [9.17, 15) is 13.2 Å². The molecule has 0 saturated heterocycles. The standard InChI is InChI=1S/C21H27N3O4S2/c1-4-16-7-11-18(12-8-16)28-15-20(25)23-21(29)22-17-9-13-19(14-10-17)30(26,27)24(5-2)6-3/h7-14H,4-6,15H2,1-3H3,(H2,22,23,25,29). The zero-order valence-corrected chi connectivity index (χ0v) is 19.0. The molecule has 2 aromatic carbocycles. The topological polar surface area (TPSA) is 87.7 Å². The van der Waals surface area contributed by atoms with E-state index in [4.69, 9.17) is 17.0 Å². The second-order valence-electron chi connectivity index (χ2n) is 6.40. The maximum atomic E-state index is 12.5. The molecular formula is C21H27N3O4S2. The van der Waals surface area contributed by atoms with Crippen LogP contribution in [0.1, 0.15) is 26.3 Å². The summed E-state index contributed by atoms with van der Waals surface area (Å²) >= 11 is 5.14. The van der Waals surface area contributed by atoms with Gasteiger partial charge in [0.2, 0.25) is 10.0 Å². The van der Waals surface area contributed by atoms with E-state index in [1.54, 1.807) is 26.0 Å². The summed E-state index contributed by atoms with van der Waals surface area (Å²) in [6.45, 7) is 6.28. The minimum absolute atomic E-state index is 0.101. The molecule has 0 aromatic heterocycles. The summed E-state index contributed by atoms with van der Waals surface area (Å²) in [5.41, 5.74) is 1.75. The van der Waals surface area contributed by atoms with Crippen molar-refractivity contribution in [3.63, 3.8) is 0 Å². The number of sulfonamides is 1. The van der Waals surface area contributed by atoms with Gasteiger partial charge >= 0.3 is 0 Å². The zero-order valence-electron chi connectivity index (χ0n) is 17.3. The highest BCUT2D eigenvalue weighted by Gasteiger charge is 2.21. The van der Waals surface area contributed by atoms with E-state index < -0.39 is 15.9 Å². The number of hydrogen-bond acceptors (Lipinski definition) is 5. The van der Waals surface area contributed by atoms with Crippen LogP contribution in [0.2, 0.25) is 0 Å². The molecule has 0 aliphatic carbocycles. The predicted octanol–water partition coefficient (Wildman–Crippen LogP) is 3.17. The lowest BCUT2D eigenvalue weighted by Crippen LogP contribution is -2.37. The highest BCUT2D eigenvalue weighted by Crippen LogP contribution is 2.18. The number of rotatable bonds is 9. The molecule has 0 spiro atoms. The van der Waals surface area contributed by atoms with Gasteiger partial charge in [0.05, 0.1) is 4.90 Å². The van der Waals surface area contributed by atoms with Gasteiger partial charge in [0, 0.05) is 18.8 Å². The fourth-order valence-corrected chi connectivity index (χ4v) is 4.41. The predicted molar refractivity (Wildman–Crippen MR) is 122 cm³/mol. The van der Waals surface area contributed by atoms with Crippen molar-refractivity contribution >= 4 is 38.9 Å². The summed E-state index contributed by atoms with van der Waals surface area (Å²) in [6.07, 6.45) is 0.934. The number of aryl methyl sites for hydroxylation is 1. The molecule has 2 N–H and O–H groups in total. The normalized spacial score (nSPS) is 11.2. The molecule has 2 rings (SSSR count). The van der Waals surface area contributed by atoms with Gasteiger partial charge in [-0.3, -0.25) is 10.1 Å². The fourth-order valence-electron chi connectivity index (χ4n) is 2.72. The van der Waals surface area contributed by atoms with Crippen LogP contribution in [0.25, 0.3) is 0 Å². The highest BCUT2D eigenvalue weighted by atomic mass is 32.2. The second-order valence-corrected chi connectivity index (χ2v) is 8.75. The van der Waals surface area contributed by atoms with E-state index in [2.05, 4.69) is 17.6 Å². The Morgan fingerprint density at radius 3 is 2.13 bits per heavy atom. The molecule has 9 heteroatoms. The first-order chi connectivity index (χ1) is 14.3. The number of benzene rings is 2. The minimum atomic E-state index is -3.52. The molecule has 1 amide bonds. The summed E-state index contributed by atoms with van der Waals surface area (Å²) in [7, 11) is -3.52. The summed E-state index contributed by atoms with van der Waals surface area (Å²) in [5, 5.41) is 5.49. The van der Waals surface area contributed by atoms with E-state index >= 15 is 0 Å². The third kappa shape index (κ3) is 6.51. The number of carbonyl (C=O) groups excluding carboxylic acids is 1. The smallest absolute Gasteiger partial charge is 0.264 e. The maximum absolute atomic E-state index is 12.5. The largest absolute Gasteiger partial charge is 0.484 e. The Morgan fingerprint density at radius 2 is 1.60 bits per heavy atom. The Bertz CT molecular complexity index is 955. The van der Waals surface area contributed by atoms with Gasteiger partial charge in [-0.2, -0.15) is 4.31 Å². The number of carbonyl (C=O) groups is 1. The van der Waals surface area contributed by atoms with Gasteiger partial charge in [-0.05, 0) is 60.6 Å². The Kier molecular flexibility index (Phi) is 8.76. The summed E-state index contributed by atoms with van der Waals surface area (Å²) in [5.74, 6) is 0.207. The molecule has 2 aromatic rings. The summed E-state index contributed by atoms with van der Waals surface area (Å²) in [6, 6.07) is 13.7.